The van der Waals surface area contributed by atoms with Crippen LogP contribution >= 0.6 is 0 Å². The average molecular weight is 394 g/mol. The van der Waals surface area contributed by atoms with Crippen LogP contribution in [-0.2, 0) is 17.4 Å². The molecule has 2 aromatic rings. The zero-order chi connectivity index (χ0) is 20.3. The smallest absolute Gasteiger partial charge is 0.339 e. The van der Waals surface area contributed by atoms with Crippen molar-refractivity contribution >= 4 is 11.8 Å². The fraction of sp³-hybridized carbons (Fsp3) is 0.300. The summed E-state index contributed by atoms with van der Waals surface area (Å²) in [5.74, 6) is -1.05. The summed E-state index contributed by atoms with van der Waals surface area (Å²) < 4.78 is 51.5. The third-order valence-corrected chi connectivity index (χ3v) is 4.68. The van der Waals surface area contributed by atoms with Crippen LogP contribution in [0.15, 0.2) is 48.5 Å². The van der Waals surface area contributed by atoms with Crippen molar-refractivity contribution in [2.75, 3.05) is 26.2 Å². The molecule has 4 nitrogen and oxygen atoms in total. The Bertz CT molecular complexity index is 857. The lowest BCUT2D eigenvalue weighted by Crippen LogP contribution is -2.51. The predicted molar refractivity (Wildman–Crippen MR) is 94.0 cm³/mol. The molecular formula is C20H18F4N2O2. The van der Waals surface area contributed by atoms with E-state index in [2.05, 4.69) is 0 Å². The van der Waals surface area contributed by atoms with Crippen molar-refractivity contribution in [2.45, 2.75) is 12.6 Å². The van der Waals surface area contributed by atoms with Crippen molar-refractivity contribution in [3.63, 3.8) is 0 Å². The molecule has 3 rings (SSSR count). The van der Waals surface area contributed by atoms with Gasteiger partial charge in [0.25, 0.3) is 5.91 Å². The van der Waals surface area contributed by atoms with E-state index in [4.69, 9.17) is 0 Å². The highest BCUT2D eigenvalue weighted by atomic mass is 19.4. The molecule has 2 amide bonds. The van der Waals surface area contributed by atoms with Crippen molar-refractivity contribution in [3.8, 4) is 0 Å². The second kappa shape index (κ2) is 8.00. The van der Waals surface area contributed by atoms with Crippen molar-refractivity contribution in [2.24, 2.45) is 0 Å². The number of halogens is 4. The second-order valence-electron chi connectivity index (χ2n) is 6.52. The minimum atomic E-state index is -4.45. The standard InChI is InChI=1S/C20H18F4N2O2/c21-17-4-2-1-3-15(17)13-18(27)25-9-11-26(12-10-25)19(28)14-5-7-16(8-6-14)20(22,23)24/h1-8H,9-13H2. The molecule has 0 aromatic heterocycles. The summed E-state index contributed by atoms with van der Waals surface area (Å²) in [4.78, 5) is 27.9. The van der Waals surface area contributed by atoms with Crippen LogP contribution in [0.4, 0.5) is 17.6 Å². The maximum absolute atomic E-state index is 13.7. The number of benzene rings is 2. The highest BCUT2D eigenvalue weighted by Gasteiger charge is 2.31. The van der Waals surface area contributed by atoms with Crippen LogP contribution < -0.4 is 0 Å². The van der Waals surface area contributed by atoms with E-state index in [1.54, 1.807) is 23.1 Å². The molecule has 8 heteroatoms. The first-order valence-electron chi connectivity index (χ1n) is 8.73. The lowest BCUT2D eigenvalue weighted by atomic mass is 10.1. The van der Waals surface area contributed by atoms with E-state index in [9.17, 15) is 27.2 Å². The Balaban J connectivity index is 1.56. The van der Waals surface area contributed by atoms with Crippen molar-refractivity contribution in [1.29, 1.82) is 0 Å². The van der Waals surface area contributed by atoms with Crippen molar-refractivity contribution < 1.29 is 27.2 Å². The maximum Gasteiger partial charge on any atom is 0.416 e. The first kappa shape index (κ1) is 19.9. The highest BCUT2D eigenvalue weighted by molar-refractivity contribution is 5.94. The van der Waals surface area contributed by atoms with Gasteiger partial charge in [-0.15, -0.1) is 0 Å². The molecule has 0 N–H and O–H groups in total. The number of piperazine rings is 1. The molecule has 1 aliphatic rings. The first-order valence-corrected chi connectivity index (χ1v) is 8.73. The summed E-state index contributed by atoms with van der Waals surface area (Å²) in [6.07, 6.45) is -4.51. The number of hydrogen-bond acceptors (Lipinski definition) is 2. The van der Waals surface area contributed by atoms with E-state index in [-0.39, 0.29) is 36.9 Å². The van der Waals surface area contributed by atoms with Crippen LogP contribution in [-0.4, -0.2) is 47.8 Å². The van der Waals surface area contributed by atoms with Gasteiger partial charge in [0.05, 0.1) is 12.0 Å². The first-order chi connectivity index (χ1) is 13.3. The Hall–Kier alpha value is -2.90. The third kappa shape index (κ3) is 4.49. The highest BCUT2D eigenvalue weighted by Crippen LogP contribution is 2.29. The van der Waals surface area contributed by atoms with E-state index >= 15 is 0 Å². The van der Waals surface area contributed by atoms with Gasteiger partial charge in [-0.05, 0) is 35.9 Å². The van der Waals surface area contributed by atoms with Gasteiger partial charge in [0, 0.05) is 31.7 Å². The van der Waals surface area contributed by atoms with Crippen LogP contribution in [0, 0.1) is 5.82 Å². The van der Waals surface area contributed by atoms with Gasteiger partial charge in [-0.2, -0.15) is 13.2 Å². The zero-order valence-electron chi connectivity index (χ0n) is 14.9. The summed E-state index contributed by atoms with van der Waals surface area (Å²) in [7, 11) is 0. The Labute approximate surface area is 159 Å². The molecule has 2 aromatic carbocycles. The summed E-state index contributed by atoms with van der Waals surface area (Å²) in [6.45, 7) is 1.12. The quantitative estimate of drug-likeness (QED) is 0.749. The van der Waals surface area contributed by atoms with E-state index in [1.165, 1.54) is 11.0 Å². The number of hydrogen-bond donors (Lipinski definition) is 0. The lowest BCUT2D eigenvalue weighted by Gasteiger charge is -2.35. The fourth-order valence-corrected chi connectivity index (χ4v) is 3.06. The summed E-state index contributed by atoms with van der Waals surface area (Å²) in [5, 5.41) is 0. The fourth-order valence-electron chi connectivity index (χ4n) is 3.06. The van der Waals surface area contributed by atoms with Gasteiger partial charge in [0.15, 0.2) is 0 Å². The average Bonchev–Trinajstić information content (AvgIpc) is 2.69. The predicted octanol–water partition coefficient (Wildman–Crippen LogP) is 3.37. The summed E-state index contributed by atoms with van der Waals surface area (Å²) >= 11 is 0. The van der Waals surface area contributed by atoms with Crippen LogP contribution in [0.2, 0.25) is 0 Å². The van der Waals surface area contributed by atoms with Crippen LogP contribution in [0.25, 0.3) is 0 Å². The van der Waals surface area contributed by atoms with Gasteiger partial charge in [0.1, 0.15) is 5.82 Å². The van der Waals surface area contributed by atoms with Gasteiger partial charge >= 0.3 is 6.18 Å². The minimum Gasteiger partial charge on any atom is -0.339 e. The van der Waals surface area contributed by atoms with Crippen LogP contribution in [0.3, 0.4) is 0 Å². The minimum absolute atomic E-state index is 0.0560. The molecule has 28 heavy (non-hydrogen) atoms. The van der Waals surface area contributed by atoms with Gasteiger partial charge < -0.3 is 9.80 Å². The molecule has 0 bridgehead atoms. The largest absolute Gasteiger partial charge is 0.416 e. The maximum atomic E-state index is 13.7. The number of amides is 2. The second-order valence-corrected chi connectivity index (χ2v) is 6.52. The van der Waals surface area contributed by atoms with Crippen molar-refractivity contribution in [1.82, 2.24) is 9.80 Å². The summed E-state index contributed by atoms with van der Waals surface area (Å²) in [6, 6.07) is 10.1. The van der Waals surface area contributed by atoms with E-state index < -0.39 is 17.6 Å². The Morgan fingerprint density at radius 3 is 2.00 bits per heavy atom. The van der Waals surface area contributed by atoms with E-state index in [1.807, 2.05) is 0 Å². The third-order valence-electron chi connectivity index (χ3n) is 4.68. The molecular weight excluding hydrogens is 376 g/mol. The van der Waals surface area contributed by atoms with Crippen LogP contribution in [0.1, 0.15) is 21.5 Å². The number of carbonyl (C=O) groups is 2. The Morgan fingerprint density at radius 2 is 1.43 bits per heavy atom. The number of rotatable bonds is 3. The lowest BCUT2D eigenvalue weighted by molar-refractivity contribution is -0.137. The Kier molecular flexibility index (Phi) is 5.67. The van der Waals surface area contributed by atoms with E-state index in [0.29, 0.717) is 18.7 Å². The molecule has 1 fully saturated rings. The Morgan fingerprint density at radius 1 is 0.857 bits per heavy atom. The molecule has 0 unspecified atom stereocenters. The molecule has 1 aliphatic heterocycles. The molecule has 0 aliphatic carbocycles. The molecule has 0 spiro atoms. The van der Waals surface area contributed by atoms with Gasteiger partial charge in [-0.25, -0.2) is 4.39 Å². The molecule has 148 valence electrons. The number of carbonyl (C=O) groups excluding carboxylic acids is 2. The van der Waals surface area contributed by atoms with Crippen LogP contribution in [0.5, 0.6) is 0 Å². The number of nitrogens with zero attached hydrogens (tertiary/aromatic N) is 2. The molecule has 0 radical (unpaired) electrons. The van der Waals surface area contributed by atoms with Gasteiger partial charge in [0.2, 0.25) is 5.91 Å². The zero-order valence-corrected chi connectivity index (χ0v) is 14.9. The SMILES string of the molecule is O=C(Cc1ccccc1F)N1CCN(C(=O)c2ccc(C(F)(F)F)cc2)CC1. The molecule has 0 atom stereocenters. The summed E-state index contributed by atoms with van der Waals surface area (Å²) in [5.41, 5.74) is -0.331. The number of alkyl halides is 3. The molecule has 1 saturated heterocycles. The van der Waals surface area contributed by atoms with Gasteiger partial charge in [-0.1, -0.05) is 18.2 Å². The van der Waals surface area contributed by atoms with Gasteiger partial charge in [-0.3, -0.25) is 9.59 Å². The molecule has 0 saturated carbocycles. The van der Waals surface area contributed by atoms with E-state index in [0.717, 1.165) is 24.3 Å². The topological polar surface area (TPSA) is 40.6 Å². The molecule has 1 heterocycles. The normalized spacial score (nSPS) is 14.9. The monoisotopic (exact) mass is 394 g/mol. The van der Waals surface area contributed by atoms with Crippen molar-refractivity contribution in [3.05, 3.63) is 71.0 Å².